The minimum Gasteiger partial charge on any atom is -0.396 e. The lowest BCUT2D eigenvalue weighted by Crippen LogP contribution is -2.33. The number of aryl methyl sites for hydroxylation is 1. The number of nitrogens with one attached hydrogen (secondary N) is 1. The van der Waals surface area contributed by atoms with Gasteiger partial charge in [0.05, 0.1) is 17.3 Å². The van der Waals surface area contributed by atoms with Gasteiger partial charge in [0, 0.05) is 12.6 Å². The van der Waals surface area contributed by atoms with Gasteiger partial charge in [-0.1, -0.05) is 48.0 Å². The Hall–Kier alpha value is -1.88. The highest BCUT2D eigenvalue weighted by Gasteiger charge is 2.19. The Kier molecular flexibility index (Phi) is 6.79. The Morgan fingerprint density at radius 2 is 1.96 bits per heavy atom. The van der Waals surface area contributed by atoms with E-state index in [1.165, 1.54) is 0 Å². The summed E-state index contributed by atoms with van der Waals surface area (Å²) in [7, 11) is 1.88. The van der Waals surface area contributed by atoms with Crippen molar-refractivity contribution in [3.8, 4) is 0 Å². The van der Waals surface area contributed by atoms with Crippen LogP contribution in [0.25, 0.3) is 0 Å². The lowest BCUT2D eigenvalue weighted by atomic mass is 10.0. The van der Waals surface area contributed by atoms with Crippen LogP contribution >= 0.6 is 11.6 Å². The molecule has 1 unspecified atom stereocenters. The Bertz CT molecular complexity index is 676. The summed E-state index contributed by atoms with van der Waals surface area (Å²) >= 11 is 6.16. The van der Waals surface area contributed by atoms with Gasteiger partial charge in [-0.05, 0) is 43.7 Å². The number of carbonyl (C=O) groups is 1. The summed E-state index contributed by atoms with van der Waals surface area (Å²) in [5, 5.41) is 12.7. The highest BCUT2D eigenvalue weighted by Crippen LogP contribution is 2.24. The summed E-state index contributed by atoms with van der Waals surface area (Å²) < 4.78 is 0. The molecule has 2 N–H and O–H groups in total. The molecule has 2 aromatic rings. The van der Waals surface area contributed by atoms with Crippen LogP contribution in [0.1, 0.15) is 23.6 Å². The molecule has 4 nitrogen and oxygen atoms in total. The smallest absolute Gasteiger partial charge is 0.238 e. The van der Waals surface area contributed by atoms with E-state index in [1.54, 1.807) is 6.07 Å². The second-order valence-electron chi connectivity index (χ2n) is 5.89. The van der Waals surface area contributed by atoms with Gasteiger partial charge in [0.15, 0.2) is 0 Å². The van der Waals surface area contributed by atoms with E-state index >= 15 is 0 Å². The molecule has 0 saturated carbocycles. The van der Waals surface area contributed by atoms with Gasteiger partial charge in [0.25, 0.3) is 0 Å². The van der Waals surface area contributed by atoms with Gasteiger partial charge in [-0.15, -0.1) is 0 Å². The van der Waals surface area contributed by atoms with Crippen LogP contribution in [-0.2, 0) is 4.79 Å². The highest BCUT2D eigenvalue weighted by atomic mass is 35.5. The maximum absolute atomic E-state index is 12.3. The van der Waals surface area contributed by atoms with Crippen molar-refractivity contribution < 1.29 is 9.90 Å². The van der Waals surface area contributed by atoms with Crippen LogP contribution in [0.2, 0.25) is 5.02 Å². The van der Waals surface area contributed by atoms with Gasteiger partial charge in [-0.25, -0.2) is 0 Å². The van der Waals surface area contributed by atoms with Crippen LogP contribution in [0.5, 0.6) is 0 Å². The number of hydrogen-bond acceptors (Lipinski definition) is 3. The molecule has 0 radical (unpaired) electrons. The number of carbonyl (C=O) groups excluding carboxylic acids is 1. The van der Waals surface area contributed by atoms with E-state index in [-0.39, 0.29) is 25.1 Å². The first-order valence-corrected chi connectivity index (χ1v) is 8.31. The number of nitrogens with zero attached hydrogens (tertiary/aromatic N) is 1. The SMILES string of the molecule is Cc1ccc(NC(=O)CN(C)C(CCO)c2ccccc2)c(Cl)c1. The topological polar surface area (TPSA) is 52.6 Å². The van der Waals surface area contributed by atoms with Crippen molar-refractivity contribution in [3.05, 3.63) is 64.7 Å². The first kappa shape index (κ1) is 18.5. The minimum absolute atomic E-state index is 0.0181. The largest absolute Gasteiger partial charge is 0.396 e. The van der Waals surface area contributed by atoms with Crippen LogP contribution < -0.4 is 5.32 Å². The van der Waals surface area contributed by atoms with Crippen molar-refractivity contribution in [3.63, 3.8) is 0 Å². The molecule has 2 rings (SSSR count). The number of benzene rings is 2. The number of hydrogen-bond donors (Lipinski definition) is 2. The first-order chi connectivity index (χ1) is 11.5. The van der Waals surface area contributed by atoms with Gasteiger partial charge < -0.3 is 10.4 Å². The monoisotopic (exact) mass is 346 g/mol. The number of aliphatic hydroxyl groups is 1. The molecule has 0 fully saturated rings. The fraction of sp³-hybridized carbons (Fsp3) is 0.316. The van der Waals surface area contributed by atoms with Crippen LogP contribution in [-0.4, -0.2) is 36.1 Å². The molecule has 0 bridgehead atoms. The molecule has 1 amide bonds. The molecule has 2 aromatic carbocycles. The van der Waals surface area contributed by atoms with E-state index in [1.807, 2.05) is 61.3 Å². The van der Waals surface area contributed by atoms with E-state index in [2.05, 4.69) is 5.32 Å². The zero-order valence-electron chi connectivity index (χ0n) is 14.0. The maximum Gasteiger partial charge on any atom is 0.238 e. The maximum atomic E-state index is 12.3. The molecule has 0 heterocycles. The Balaban J connectivity index is 2.03. The average molecular weight is 347 g/mol. The second-order valence-corrected chi connectivity index (χ2v) is 6.29. The number of aliphatic hydroxyl groups excluding tert-OH is 1. The molecule has 1 atom stereocenters. The predicted octanol–water partition coefficient (Wildman–Crippen LogP) is 3.64. The fourth-order valence-corrected chi connectivity index (χ4v) is 2.97. The number of halogens is 1. The third kappa shape index (κ3) is 5.06. The third-order valence-corrected chi connectivity index (χ3v) is 4.22. The second kappa shape index (κ2) is 8.83. The molecule has 5 heteroatoms. The Morgan fingerprint density at radius 3 is 2.58 bits per heavy atom. The van der Waals surface area contributed by atoms with Crippen LogP contribution in [0, 0.1) is 6.92 Å². The van der Waals surface area contributed by atoms with Crippen molar-refractivity contribution >= 4 is 23.2 Å². The van der Waals surface area contributed by atoms with Gasteiger partial charge >= 0.3 is 0 Å². The van der Waals surface area contributed by atoms with E-state index < -0.39 is 0 Å². The summed E-state index contributed by atoms with van der Waals surface area (Å²) in [4.78, 5) is 14.3. The quantitative estimate of drug-likeness (QED) is 0.804. The number of likely N-dealkylation sites (N-methyl/N-ethyl adjacent to an activating group) is 1. The van der Waals surface area contributed by atoms with E-state index in [0.717, 1.165) is 11.1 Å². The molecule has 128 valence electrons. The molecule has 24 heavy (non-hydrogen) atoms. The minimum atomic E-state index is -0.137. The Labute approximate surface area is 148 Å². The normalized spacial score (nSPS) is 12.2. The molecule has 0 aliphatic carbocycles. The standard InChI is InChI=1S/C19H23ClN2O2/c1-14-8-9-17(16(20)12-14)21-19(24)13-22(2)18(10-11-23)15-6-4-3-5-7-15/h3-9,12,18,23H,10-11,13H2,1-2H3,(H,21,24). The average Bonchev–Trinajstić information content (AvgIpc) is 2.56. The first-order valence-electron chi connectivity index (χ1n) is 7.93. The lowest BCUT2D eigenvalue weighted by Gasteiger charge is -2.27. The zero-order valence-corrected chi connectivity index (χ0v) is 14.8. The Morgan fingerprint density at radius 1 is 1.25 bits per heavy atom. The van der Waals surface area contributed by atoms with Gasteiger partial charge in [-0.3, -0.25) is 9.69 Å². The summed E-state index contributed by atoms with van der Waals surface area (Å²) in [6.07, 6.45) is 0.569. The zero-order chi connectivity index (χ0) is 17.5. The summed E-state index contributed by atoms with van der Waals surface area (Å²) in [6, 6.07) is 15.4. The number of anilines is 1. The molecule has 0 spiro atoms. The fourth-order valence-electron chi connectivity index (χ4n) is 2.69. The lowest BCUT2D eigenvalue weighted by molar-refractivity contribution is -0.117. The molecular weight excluding hydrogens is 324 g/mol. The van der Waals surface area contributed by atoms with E-state index in [9.17, 15) is 9.90 Å². The highest BCUT2D eigenvalue weighted by molar-refractivity contribution is 6.33. The van der Waals surface area contributed by atoms with Crippen LogP contribution in [0.3, 0.4) is 0 Å². The van der Waals surface area contributed by atoms with Crippen LogP contribution in [0.4, 0.5) is 5.69 Å². The molecule has 0 aliphatic heterocycles. The molecule has 0 aliphatic rings. The third-order valence-electron chi connectivity index (χ3n) is 3.91. The summed E-state index contributed by atoms with van der Waals surface area (Å²) in [6.45, 7) is 2.23. The predicted molar refractivity (Wildman–Crippen MR) is 98.3 cm³/mol. The number of amides is 1. The molecular formula is C19H23ClN2O2. The number of rotatable bonds is 7. The van der Waals surface area contributed by atoms with Gasteiger partial charge in [-0.2, -0.15) is 0 Å². The van der Waals surface area contributed by atoms with Crippen LogP contribution in [0.15, 0.2) is 48.5 Å². The molecule has 0 saturated heterocycles. The molecule has 0 aromatic heterocycles. The van der Waals surface area contributed by atoms with Crippen molar-refractivity contribution in [1.29, 1.82) is 0 Å². The van der Waals surface area contributed by atoms with Gasteiger partial charge in [0.2, 0.25) is 5.91 Å². The van der Waals surface area contributed by atoms with E-state index in [4.69, 9.17) is 11.6 Å². The summed E-state index contributed by atoms with van der Waals surface area (Å²) in [5.41, 5.74) is 2.73. The van der Waals surface area contributed by atoms with Crippen molar-refractivity contribution in [2.75, 3.05) is 25.5 Å². The van der Waals surface area contributed by atoms with Crippen molar-refractivity contribution in [1.82, 2.24) is 4.90 Å². The van der Waals surface area contributed by atoms with E-state index in [0.29, 0.717) is 17.1 Å². The van der Waals surface area contributed by atoms with Crippen molar-refractivity contribution in [2.45, 2.75) is 19.4 Å². The van der Waals surface area contributed by atoms with Crippen molar-refractivity contribution in [2.24, 2.45) is 0 Å². The van der Waals surface area contributed by atoms with Gasteiger partial charge in [0.1, 0.15) is 0 Å². The summed E-state index contributed by atoms with van der Waals surface area (Å²) in [5.74, 6) is -0.137.